The average Bonchev–Trinajstić information content (AvgIpc) is 3.68. The van der Waals surface area contributed by atoms with E-state index in [9.17, 15) is 22.2 Å². The maximum Gasteiger partial charge on any atom is 0.319 e. The Kier molecular flexibility index (Phi) is 12.1. The van der Waals surface area contributed by atoms with Gasteiger partial charge in [-0.2, -0.15) is 8.42 Å². The van der Waals surface area contributed by atoms with Crippen LogP contribution in [0.5, 0.6) is 17.2 Å². The van der Waals surface area contributed by atoms with E-state index in [1.54, 1.807) is 55.1 Å². The third-order valence-corrected chi connectivity index (χ3v) is 6.02. The Balaban J connectivity index is 0.000000482. The Labute approximate surface area is 239 Å². The van der Waals surface area contributed by atoms with Gasteiger partial charge in [-0.1, -0.05) is 11.6 Å². The first-order valence-corrected chi connectivity index (χ1v) is 15.7. The molecule has 0 aliphatic heterocycles. The minimum atomic E-state index is -3.66. The molecular weight excluding hydrogens is 584 g/mol. The van der Waals surface area contributed by atoms with Crippen molar-refractivity contribution in [1.82, 2.24) is 10.3 Å². The average molecular weight is 615 g/mol. The molecular formula is C25H31ClN4O8S2. The lowest BCUT2D eigenvalue weighted by atomic mass is 10.1. The quantitative estimate of drug-likeness (QED) is 0.286. The molecule has 1 aromatic heterocycles. The molecule has 1 aliphatic rings. The number of methoxy groups -OCH3 is 1. The van der Waals surface area contributed by atoms with E-state index in [0.29, 0.717) is 38.9 Å². The Bertz CT molecular complexity index is 1490. The minimum absolute atomic E-state index is 0.201. The van der Waals surface area contributed by atoms with Crippen molar-refractivity contribution in [3.8, 4) is 17.2 Å². The molecule has 4 rings (SSSR count). The standard InChI is InChI=1S/C21H19ClN4O4.C2H6O3S.C2H6OS/c1-29-19-10-17-13(9-14(19)20(23)27)18(6-7-24-17)30-12-4-5-16(15(22)8-12)26-21(28)25-11-2-3-11;1-2-6(3,4)5;1-4(2)3/h4-11H,2-3H2,1H3,(H2,23,27)(H2,25,26,28);2H2,1H3,(H,3,4,5);1-2H3. The van der Waals surface area contributed by atoms with Gasteiger partial charge in [0.2, 0.25) is 0 Å². The van der Waals surface area contributed by atoms with Gasteiger partial charge in [0.05, 0.1) is 34.7 Å². The number of carbonyl (C=O) groups is 2. The van der Waals surface area contributed by atoms with E-state index in [0.717, 1.165) is 12.8 Å². The maximum absolute atomic E-state index is 11.9. The second-order valence-electron chi connectivity index (χ2n) is 8.47. The van der Waals surface area contributed by atoms with Crippen molar-refractivity contribution in [2.75, 3.05) is 30.7 Å². The lowest BCUT2D eigenvalue weighted by Gasteiger charge is -2.13. The highest BCUT2D eigenvalue weighted by molar-refractivity contribution is 7.85. The van der Waals surface area contributed by atoms with E-state index in [-0.39, 0.29) is 23.4 Å². The van der Waals surface area contributed by atoms with Crippen molar-refractivity contribution in [2.45, 2.75) is 25.8 Å². The van der Waals surface area contributed by atoms with Crippen LogP contribution in [-0.2, 0) is 20.9 Å². The fourth-order valence-corrected chi connectivity index (χ4v) is 3.18. The summed E-state index contributed by atoms with van der Waals surface area (Å²) >= 11 is 6.30. The number of pyridine rings is 1. The molecule has 0 saturated heterocycles. The maximum atomic E-state index is 11.9. The van der Waals surface area contributed by atoms with Crippen LogP contribution < -0.4 is 25.8 Å². The second-order valence-corrected chi connectivity index (χ2v) is 12.1. The zero-order chi connectivity index (χ0) is 30.0. The number of primary amides is 1. The number of hydrogen-bond donors (Lipinski definition) is 4. The summed E-state index contributed by atoms with van der Waals surface area (Å²) in [6.45, 7) is 1.37. The lowest BCUT2D eigenvalue weighted by molar-refractivity contribution is 0.0997. The molecule has 1 heterocycles. The molecule has 1 saturated carbocycles. The smallest absolute Gasteiger partial charge is 0.319 e. The van der Waals surface area contributed by atoms with Crippen molar-refractivity contribution in [1.29, 1.82) is 0 Å². The van der Waals surface area contributed by atoms with E-state index in [2.05, 4.69) is 15.6 Å². The molecule has 0 spiro atoms. The molecule has 0 bridgehead atoms. The largest absolute Gasteiger partial charge is 0.496 e. The van der Waals surface area contributed by atoms with Crippen LogP contribution in [0.1, 0.15) is 30.1 Å². The third kappa shape index (κ3) is 11.0. The summed E-state index contributed by atoms with van der Waals surface area (Å²) in [5.41, 5.74) is 6.73. The zero-order valence-corrected chi connectivity index (χ0v) is 24.7. The van der Waals surface area contributed by atoms with Crippen molar-refractivity contribution < 1.29 is 36.2 Å². The number of aromatic nitrogens is 1. The normalized spacial score (nSPS) is 12.4. The number of ether oxygens (including phenoxy) is 2. The molecule has 1 fully saturated rings. The summed E-state index contributed by atoms with van der Waals surface area (Å²) in [7, 11) is -2.82. The van der Waals surface area contributed by atoms with Crippen LogP contribution in [-0.4, -0.2) is 65.5 Å². The highest BCUT2D eigenvalue weighted by atomic mass is 35.5. The van der Waals surface area contributed by atoms with Gasteiger partial charge < -0.3 is 25.8 Å². The number of amides is 3. The van der Waals surface area contributed by atoms with Gasteiger partial charge in [-0.05, 0) is 44.0 Å². The van der Waals surface area contributed by atoms with Crippen LogP contribution in [0, 0.1) is 0 Å². The van der Waals surface area contributed by atoms with Crippen LogP contribution in [0.2, 0.25) is 5.02 Å². The van der Waals surface area contributed by atoms with Crippen LogP contribution in [0.25, 0.3) is 10.9 Å². The van der Waals surface area contributed by atoms with Crippen LogP contribution in [0.15, 0.2) is 42.6 Å². The minimum Gasteiger partial charge on any atom is -0.496 e. The number of rotatable bonds is 7. The summed E-state index contributed by atoms with van der Waals surface area (Å²) in [6.07, 6.45) is 6.86. The first kappa shape index (κ1) is 32.8. The first-order chi connectivity index (χ1) is 18.7. The fourth-order valence-electron chi connectivity index (χ4n) is 2.96. The summed E-state index contributed by atoms with van der Waals surface area (Å²) in [6, 6.07) is 9.77. The molecule has 0 unspecified atom stereocenters. The molecule has 3 aromatic rings. The zero-order valence-electron chi connectivity index (χ0n) is 22.3. The van der Waals surface area contributed by atoms with Gasteiger partial charge in [-0.3, -0.25) is 18.5 Å². The number of anilines is 1. The van der Waals surface area contributed by atoms with Crippen molar-refractivity contribution in [2.24, 2.45) is 5.73 Å². The number of halogens is 1. The molecule has 5 N–H and O–H groups in total. The van der Waals surface area contributed by atoms with Crippen LogP contribution in [0.3, 0.4) is 0 Å². The van der Waals surface area contributed by atoms with E-state index in [4.69, 9.17) is 31.4 Å². The molecule has 12 nitrogen and oxygen atoms in total. The Morgan fingerprint density at radius 1 is 1.18 bits per heavy atom. The molecule has 218 valence electrons. The predicted octanol–water partition coefficient (Wildman–Crippen LogP) is 3.96. The van der Waals surface area contributed by atoms with Crippen molar-refractivity contribution in [3.63, 3.8) is 0 Å². The molecule has 15 heteroatoms. The molecule has 1 aliphatic carbocycles. The van der Waals surface area contributed by atoms with Gasteiger partial charge in [0.25, 0.3) is 16.0 Å². The summed E-state index contributed by atoms with van der Waals surface area (Å²) in [4.78, 5) is 28.0. The van der Waals surface area contributed by atoms with E-state index in [1.807, 2.05) is 0 Å². The summed E-state index contributed by atoms with van der Waals surface area (Å²) in [5, 5.41) is 6.48. The number of nitrogens with one attached hydrogen (secondary N) is 2. The first-order valence-electron chi connectivity index (χ1n) is 11.8. The van der Waals surface area contributed by atoms with Crippen molar-refractivity contribution in [3.05, 3.63) is 53.2 Å². The number of fused-ring (bicyclic) bond motifs is 1. The summed E-state index contributed by atoms with van der Waals surface area (Å²) < 4.78 is 47.7. The Morgan fingerprint density at radius 3 is 2.30 bits per heavy atom. The molecule has 40 heavy (non-hydrogen) atoms. The monoisotopic (exact) mass is 614 g/mol. The number of nitrogens with two attached hydrogens (primary N) is 1. The topological polar surface area (TPSA) is 187 Å². The molecule has 2 aromatic carbocycles. The van der Waals surface area contributed by atoms with E-state index < -0.39 is 26.8 Å². The Hall–Kier alpha value is -3.46. The van der Waals surface area contributed by atoms with Crippen LogP contribution >= 0.6 is 11.6 Å². The van der Waals surface area contributed by atoms with Gasteiger partial charge in [0, 0.05) is 53.1 Å². The van der Waals surface area contributed by atoms with Gasteiger partial charge in [-0.15, -0.1) is 0 Å². The number of benzene rings is 2. The van der Waals surface area contributed by atoms with Gasteiger partial charge in [-0.25, -0.2) is 4.79 Å². The fraction of sp³-hybridized carbons (Fsp3) is 0.320. The van der Waals surface area contributed by atoms with Crippen molar-refractivity contribution >= 4 is 61.0 Å². The highest BCUT2D eigenvalue weighted by Crippen LogP contribution is 2.35. The summed E-state index contributed by atoms with van der Waals surface area (Å²) in [5.74, 6) is 0.437. The number of nitrogens with zero attached hydrogens (tertiary/aromatic N) is 1. The molecule has 3 amide bonds. The van der Waals surface area contributed by atoms with Crippen LogP contribution in [0.4, 0.5) is 10.5 Å². The number of hydrogen-bond acceptors (Lipinski definition) is 8. The third-order valence-electron chi connectivity index (χ3n) is 4.98. The lowest BCUT2D eigenvalue weighted by Crippen LogP contribution is -2.30. The van der Waals surface area contributed by atoms with Gasteiger partial charge >= 0.3 is 6.03 Å². The molecule has 0 radical (unpaired) electrons. The van der Waals surface area contributed by atoms with E-state index in [1.165, 1.54) is 14.0 Å². The second kappa shape index (κ2) is 14.8. The molecule has 0 atom stereocenters. The van der Waals surface area contributed by atoms with Gasteiger partial charge in [0.15, 0.2) is 0 Å². The number of carbonyl (C=O) groups excluding carboxylic acids is 2. The van der Waals surface area contributed by atoms with Gasteiger partial charge in [0.1, 0.15) is 17.2 Å². The van der Waals surface area contributed by atoms with E-state index >= 15 is 0 Å². The number of urea groups is 1. The predicted molar refractivity (Wildman–Crippen MR) is 156 cm³/mol. The highest BCUT2D eigenvalue weighted by Gasteiger charge is 2.23. The Morgan fingerprint density at radius 2 is 1.80 bits per heavy atom. The SMILES string of the molecule is CCS(=O)(=O)O.COc1cc2nccc(Oc3ccc(NC(=O)NC4CC4)c(Cl)c3)c2cc1C(N)=O.CS(C)=O.